The molecule has 1 spiro atoms. The number of nitrogens with one attached hydrogen (secondary N) is 1. The zero-order chi connectivity index (χ0) is 30.9. The Hall–Kier alpha value is -4.34. The summed E-state index contributed by atoms with van der Waals surface area (Å²) in [5.74, 6) is -0.182. The predicted molar refractivity (Wildman–Crippen MR) is 165 cm³/mol. The molecule has 3 fully saturated rings. The lowest BCUT2D eigenvalue weighted by atomic mass is 9.80. The molecule has 1 aliphatic carbocycles. The summed E-state index contributed by atoms with van der Waals surface area (Å²) in [5, 5.41) is 2.86. The highest BCUT2D eigenvalue weighted by molar-refractivity contribution is 5.98. The Balaban J connectivity index is 1.36. The van der Waals surface area contributed by atoms with Crippen molar-refractivity contribution in [3.63, 3.8) is 0 Å². The molecular formula is C34H41N5O5. The van der Waals surface area contributed by atoms with Crippen molar-refractivity contribution in [2.45, 2.75) is 76.2 Å². The number of carbonyl (C=O) groups is 3. The molecule has 3 aromatic rings. The van der Waals surface area contributed by atoms with Crippen LogP contribution in [0.15, 0.2) is 67.0 Å². The third kappa shape index (κ3) is 6.02. The van der Waals surface area contributed by atoms with E-state index in [1.54, 1.807) is 11.2 Å². The molecule has 1 aromatic heterocycles. The molecule has 0 bridgehead atoms. The normalized spacial score (nSPS) is 23.8. The van der Waals surface area contributed by atoms with Crippen LogP contribution in [0.1, 0.15) is 68.5 Å². The molecule has 3 aliphatic rings. The summed E-state index contributed by atoms with van der Waals surface area (Å²) in [5.41, 5.74) is 1.73. The van der Waals surface area contributed by atoms with Crippen LogP contribution in [0.3, 0.4) is 0 Å². The number of nitrogens with zero attached hydrogens (tertiary/aromatic N) is 4. The van der Waals surface area contributed by atoms with Crippen LogP contribution < -0.4 is 5.32 Å². The van der Waals surface area contributed by atoms with E-state index in [9.17, 15) is 14.4 Å². The standard InChI is InChI=1S/C34H41N5O5/c1-33(2,3)44-32(42)37-18-19-38(26(21-37)20-24-12-6-4-7-13-24)30(40)28-29(25-14-8-5-9-15-25)39(23-36-28)27-16-10-11-17-34(27)22-35-31(41)43-34/h4-9,12-15,23,26-27H,10-11,16-22H2,1-3H3,(H,35,41)/t26-,27-,34-/m1/s1. The van der Waals surface area contributed by atoms with Crippen LogP contribution in [-0.2, 0) is 15.9 Å². The van der Waals surface area contributed by atoms with Gasteiger partial charge in [0.1, 0.15) is 5.60 Å². The molecule has 232 valence electrons. The van der Waals surface area contributed by atoms with Gasteiger partial charge in [-0.1, -0.05) is 67.1 Å². The minimum Gasteiger partial charge on any atom is -0.444 e. The SMILES string of the molecule is CC(C)(C)OC(=O)N1CCN(C(=O)c2ncn([C@@H]3CCCC[C@@]34CNC(=O)O4)c2-c2ccccc2)[C@H](Cc2ccccc2)C1. The third-order valence-corrected chi connectivity index (χ3v) is 8.85. The number of rotatable bonds is 5. The van der Waals surface area contributed by atoms with Crippen LogP contribution in [0.5, 0.6) is 0 Å². The molecule has 0 radical (unpaired) electrons. The minimum absolute atomic E-state index is 0.163. The van der Waals surface area contributed by atoms with Crippen molar-refractivity contribution < 1.29 is 23.9 Å². The maximum absolute atomic E-state index is 14.6. The zero-order valence-electron chi connectivity index (χ0n) is 25.7. The van der Waals surface area contributed by atoms with Crippen molar-refractivity contribution >= 4 is 18.1 Å². The van der Waals surface area contributed by atoms with Gasteiger partial charge in [0.2, 0.25) is 0 Å². The lowest BCUT2D eigenvalue weighted by Crippen LogP contribution is -2.58. The molecule has 2 aliphatic heterocycles. The van der Waals surface area contributed by atoms with E-state index >= 15 is 0 Å². The summed E-state index contributed by atoms with van der Waals surface area (Å²) < 4.78 is 13.7. The van der Waals surface area contributed by atoms with Gasteiger partial charge in [-0.05, 0) is 52.0 Å². The van der Waals surface area contributed by atoms with E-state index in [0.717, 1.165) is 42.5 Å². The summed E-state index contributed by atoms with van der Waals surface area (Å²) >= 11 is 0. The average molecular weight is 600 g/mol. The number of amides is 3. The first-order valence-electron chi connectivity index (χ1n) is 15.6. The number of hydrogen-bond acceptors (Lipinski definition) is 6. The number of hydrogen-bond donors (Lipinski definition) is 1. The van der Waals surface area contributed by atoms with E-state index in [4.69, 9.17) is 14.5 Å². The number of aromatic nitrogens is 2. The average Bonchev–Trinajstić information content (AvgIpc) is 3.61. The van der Waals surface area contributed by atoms with Gasteiger partial charge in [0.15, 0.2) is 11.3 Å². The zero-order valence-corrected chi connectivity index (χ0v) is 25.7. The van der Waals surface area contributed by atoms with Gasteiger partial charge in [-0.2, -0.15) is 0 Å². The Labute approximate surface area is 258 Å². The summed E-state index contributed by atoms with van der Waals surface area (Å²) in [6, 6.07) is 19.4. The Morgan fingerprint density at radius 2 is 1.77 bits per heavy atom. The second-order valence-corrected chi connectivity index (χ2v) is 13.1. The molecule has 3 atom stereocenters. The Bertz CT molecular complexity index is 1500. The van der Waals surface area contributed by atoms with Gasteiger partial charge >= 0.3 is 12.2 Å². The van der Waals surface area contributed by atoms with Gasteiger partial charge < -0.3 is 29.2 Å². The van der Waals surface area contributed by atoms with E-state index in [1.807, 2.05) is 86.3 Å². The molecular weight excluding hydrogens is 558 g/mol. The molecule has 1 N–H and O–H groups in total. The van der Waals surface area contributed by atoms with E-state index < -0.39 is 17.3 Å². The molecule has 0 unspecified atom stereocenters. The van der Waals surface area contributed by atoms with Crippen LogP contribution in [0, 0.1) is 0 Å². The van der Waals surface area contributed by atoms with Gasteiger partial charge in [-0.25, -0.2) is 14.6 Å². The number of ether oxygens (including phenoxy) is 2. The number of alkyl carbamates (subject to hydrolysis) is 1. The van der Waals surface area contributed by atoms with Gasteiger partial charge in [0, 0.05) is 25.2 Å². The van der Waals surface area contributed by atoms with Crippen LogP contribution in [0.2, 0.25) is 0 Å². The van der Waals surface area contributed by atoms with Crippen molar-refractivity contribution in [2.75, 3.05) is 26.2 Å². The third-order valence-electron chi connectivity index (χ3n) is 8.85. The predicted octanol–water partition coefficient (Wildman–Crippen LogP) is 5.45. The van der Waals surface area contributed by atoms with Crippen molar-refractivity contribution in [3.8, 4) is 11.3 Å². The Morgan fingerprint density at radius 3 is 2.45 bits per heavy atom. The summed E-state index contributed by atoms with van der Waals surface area (Å²) in [6.07, 6.45) is 5.06. The monoisotopic (exact) mass is 599 g/mol. The van der Waals surface area contributed by atoms with Crippen LogP contribution in [0.4, 0.5) is 9.59 Å². The highest BCUT2D eigenvalue weighted by atomic mass is 16.6. The number of imidazole rings is 1. The van der Waals surface area contributed by atoms with E-state index in [-0.39, 0.29) is 24.1 Å². The summed E-state index contributed by atoms with van der Waals surface area (Å²) in [6.45, 7) is 7.06. The van der Waals surface area contributed by atoms with Crippen LogP contribution in [-0.4, -0.2) is 80.9 Å². The van der Waals surface area contributed by atoms with Crippen molar-refractivity contribution in [1.29, 1.82) is 0 Å². The van der Waals surface area contributed by atoms with Crippen molar-refractivity contribution in [1.82, 2.24) is 24.7 Å². The maximum Gasteiger partial charge on any atom is 0.410 e. The second kappa shape index (κ2) is 12.0. The van der Waals surface area contributed by atoms with E-state index in [2.05, 4.69) is 9.88 Å². The van der Waals surface area contributed by atoms with E-state index in [1.165, 1.54) is 0 Å². The van der Waals surface area contributed by atoms with Gasteiger partial charge in [-0.15, -0.1) is 0 Å². The molecule has 10 nitrogen and oxygen atoms in total. The molecule has 2 aromatic carbocycles. The highest BCUT2D eigenvalue weighted by Gasteiger charge is 2.50. The van der Waals surface area contributed by atoms with Gasteiger partial charge in [0.25, 0.3) is 5.91 Å². The van der Waals surface area contributed by atoms with Crippen molar-refractivity contribution in [2.24, 2.45) is 0 Å². The number of piperazine rings is 1. The molecule has 10 heteroatoms. The molecule has 3 heterocycles. The Morgan fingerprint density at radius 1 is 1.05 bits per heavy atom. The first-order valence-corrected chi connectivity index (χ1v) is 15.6. The lowest BCUT2D eigenvalue weighted by molar-refractivity contribution is -0.0159. The molecule has 6 rings (SSSR count). The minimum atomic E-state index is -0.686. The smallest absolute Gasteiger partial charge is 0.410 e. The summed E-state index contributed by atoms with van der Waals surface area (Å²) in [7, 11) is 0. The van der Waals surface area contributed by atoms with Crippen molar-refractivity contribution in [3.05, 3.63) is 78.2 Å². The quantitative estimate of drug-likeness (QED) is 0.418. The summed E-state index contributed by atoms with van der Waals surface area (Å²) in [4.78, 5) is 48.2. The molecule has 3 amide bonds. The Kier molecular flexibility index (Phi) is 8.09. The second-order valence-electron chi connectivity index (χ2n) is 13.1. The molecule has 2 saturated heterocycles. The van der Waals surface area contributed by atoms with Crippen LogP contribution >= 0.6 is 0 Å². The lowest BCUT2D eigenvalue weighted by Gasteiger charge is -2.42. The van der Waals surface area contributed by atoms with Gasteiger partial charge in [-0.3, -0.25) is 4.79 Å². The fourth-order valence-electron chi connectivity index (χ4n) is 6.84. The highest BCUT2D eigenvalue weighted by Crippen LogP contribution is 2.44. The van der Waals surface area contributed by atoms with Gasteiger partial charge in [0.05, 0.1) is 30.6 Å². The van der Waals surface area contributed by atoms with E-state index in [0.29, 0.717) is 38.3 Å². The molecule has 1 saturated carbocycles. The van der Waals surface area contributed by atoms with Crippen LogP contribution in [0.25, 0.3) is 11.3 Å². The maximum atomic E-state index is 14.6. The fraction of sp³-hybridized carbons (Fsp3) is 0.471. The molecule has 44 heavy (non-hydrogen) atoms. The largest absolute Gasteiger partial charge is 0.444 e. The topological polar surface area (TPSA) is 106 Å². The first-order chi connectivity index (χ1) is 21.1. The first kappa shape index (κ1) is 29.7. The fourth-order valence-corrected chi connectivity index (χ4v) is 6.84. The number of carbonyl (C=O) groups excluding carboxylic acids is 3. The number of benzene rings is 2.